The van der Waals surface area contributed by atoms with Gasteiger partial charge in [0.05, 0.1) is 10.0 Å². The van der Waals surface area contributed by atoms with E-state index in [-0.39, 0.29) is 11.6 Å². The Bertz CT molecular complexity index is 633. The van der Waals surface area contributed by atoms with E-state index in [2.05, 4.69) is 21.2 Å². The molecule has 0 spiro atoms. The summed E-state index contributed by atoms with van der Waals surface area (Å²) in [5.41, 5.74) is 7.03. The molecule has 0 heterocycles. The van der Waals surface area contributed by atoms with Gasteiger partial charge in [-0.3, -0.25) is 0 Å². The van der Waals surface area contributed by atoms with Gasteiger partial charge in [-0.2, -0.15) is 0 Å². The summed E-state index contributed by atoms with van der Waals surface area (Å²) >= 11 is 3.16. The van der Waals surface area contributed by atoms with E-state index in [0.29, 0.717) is 17.4 Å². The fourth-order valence-electron chi connectivity index (χ4n) is 2.19. The van der Waals surface area contributed by atoms with Gasteiger partial charge >= 0.3 is 0 Å². The molecule has 3 N–H and O–H groups in total. The molecule has 0 aliphatic carbocycles. The molecule has 2 nitrogen and oxygen atoms in total. The average molecular weight is 355 g/mol. The van der Waals surface area contributed by atoms with E-state index in [0.717, 1.165) is 11.3 Å². The third-order valence-corrected chi connectivity index (χ3v) is 3.91. The second kappa shape index (κ2) is 6.54. The molecule has 21 heavy (non-hydrogen) atoms. The summed E-state index contributed by atoms with van der Waals surface area (Å²) in [7, 11) is 0. The number of anilines is 1. The fourth-order valence-corrected chi connectivity index (χ4v) is 2.57. The molecular formula is C16H17BrF2N2. The number of nitrogens with two attached hydrogens (primary N) is 1. The van der Waals surface area contributed by atoms with E-state index >= 15 is 0 Å². The van der Waals surface area contributed by atoms with Crippen molar-refractivity contribution < 1.29 is 8.78 Å². The van der Waals surface area contributed by atoms with Crippen molar-refractivity contribution in [1.82, 2.24) is 0 Å². The summed E-state index contributed by atoms with van der Waals surface area (Å²) in [6.45, 7) is 2.31. The first-order chi connectivity index (χ1) is 9.92. The summed E-state index contributed by atoms with van der Waals surface area (Å²) in [6.07, 6.45) is 0.566. The van der Waals surface area contributed by atoms with Crippen LogP contribution in [0, 0.1) is 11.6 Å². The van der Waals surface area contributed by atoms with E-state index in [1.54, 1.807) is 18.2 Å². The standard InChI is InChI=1S/C16H17BrF2N2/c1-16(10-20,9-11-3-2-4-12(18)7-11)21-13-5-6-15(19)14(17)8-13/h2-8,21H,9-10,20H2,1H3. The largest absolute Gasteiger partial charge is 0.378 e. The second-order valence-electron chi connectivity index (χ2n) is 5.33. The van der Waals surface area contributed by atoms with Gasteiger partial charge in [-0.25, -0.2) is 8.78 Å². The lowest BCUT2D eigenvalue weighted by molar-refractivity contribution is 0.518. The van der Waals surface area contributed by atoms with Crippen molar-refractivity contribution in [2.24, 2.45) is 5.73 Å². The summed E-state index contributed by atoms with van der Waals surface area (Å²) in [6, 6.07) is 11.1. The van der Waals surface area contributed by atoms with Crippen molar-refractivity contribution in [1.29, 1.82) is 0 Å². The Labute approximate surface area is 131 Å². The minimum Gasteiger partial charge on any atom is -0.378 e. The van der Waals surface area contributed by atoms with E-state index < -0.39 is 5.54 Å². The van der Waals surface area contributed by atoms with Gasteiger partial charge < -0.3 is 11.1 Å². The molecule has 0 aliphatic rings. The van der Waals surface area contributed by atoms with Crippen LogP contribution in [0.5, 0.6) is 0 Å². The predicted octanol–water partition coefficient (Wildman–Crippen LogP) is 4.10. The maximum absolute atomic E-state index is 13.3. The van der Waals surface area contributed by atoms with Crippen molar-refractivity contribution in [2.75, 3.05) is 11.9 Å². The van der Waals surface area contributed by atoms with Crippen molar-refractivity contribution in [3.05, 3.63) is 64.1 Å². The molecule has 2 aromatic rings. The molecule has 1 unspecified atom stereocenters. The minimum absolute atomic E-state index is 0.267. The summed E-state index contributed by atoms with van der Waals surface area (Å²) < 4.78 is 26.9. The highest BCUT2D eigenvalue weighted by Crippen LogP contribution is 2.24. The van der Waals surface area contributed by atoms with Crippen molar-refractivity contribution in [2.45, 2.75) is 18.9 Å². The molecule has 112 valence electrons. The third-order valence-electron chi connectivity index (χ3n) is 3.30. The number of nitrogens with one attached hydrogen (secondary N) is 1. The van der Waals surface area contributed by atoms with Crippen LogP contribution in [0.25, 0.3) is 0 Å². The smallest absolute Gasteiger partial charge is 0.137 e. The normalized spacial score (nSPS) is 13.8. The molecule has 0 aliphatic heterocycles. The van der Waals surface area contributed by atoms with Gasteiger partial charge in [0.25, 0.3) is 0 Å². The molecule has 2 rings (SSSR count). The first kappa shape index (κ1) is 15.9. The predicted molar refractivity (Wildman–Crippen MR) is 85.3 cm³/mol. The van der Waals surface area contributed by atoms with Crippen LogP contribution in [0.1, 0.15) is 12.5 Å². The summed E-state index contributed by atoms with van der Waals surface area (Å²) in [5, 5.41) is 3.30. The Morgan fingerprint density at radius 2 is 1.95 bits per heavy atom. The van der Waals surface area contributed by atoms with Gasteiger partial charge in [0.15, 0.2) is 0 Å². The van der Waals surface area contributed by atoms with Crippen LogP contribution < -0.4 is 11.1 Å². The van der Waals surface area contributed by atoms with E-state index in [4.69, 9.17) is 5.73 Å². The molecule has 2 aromatic carbocycles. The van der Waals surface area contributed by atoms with E-state index in [1.807, 2.05) is 13.0 Å². The van der Waals surface area contributed by atoms with Crippen molar-refractivity contribution >= 4 is 21.6 Å². The SMILES string of the molecule is CC(CN)(Cc1cccc(F)c1)Nc1ccc(F)c(Br)c1. The number of benzene rings is 2. The van der Waals surface area contributed by atoms with Gasteiger partial charge in [-0.05, 0) is 65.2 Å². The number of rotatable bonds is 5. The molecule has 1 atom stereocenters. The maximum Gasteiger partial charge on any atom is 0.137 e. The zero-order valence-electron chi connectivity index (χ0n) is 11.7. The number of hydrogen-bond donors (Lipinski definition) is 2. The van der Waals surface area contributed by atoms with Gasteiger partial charge in [0.1, 0.15) is 11.6 Å². The second-order valence-corrected chi connectivity index (χ2v) is 6.18. The highest BCUT2D eigenvalue weighted by Gasteiger charge is 2.23. The Kier molecular flexibility index (Phi) is 4.96. The van der Waals surface area contributed by atoms with Crippen LogP contribution in [0.3, 0.4) is 0 Å². The third kappa shape index (κ3) is 4.25. The molecular weight excluding hydrogens is 338 g/mol. The Balaban J connectivity index is 2.18. The lowest BCUT2D eigenvalue weighted by Crippen LogP contribution is -2.44. The monoisotopic (exact) mass is 354 g/mol. The Hall–Kier alpha value is -1.46. The zero-order chi connectivity index (χ0) is 15.5. The lowest BCUT2D eigenvalue weighted by atomic mass is 9.92. The van der Waals surface area contributed by atoms with Crippen molar-refractivity contribution in [3.63, 3.8) is 0 Å². The highest BCUT2D eigenvalue weighted by atomic mass is 79.9. The van der Waals surface area contributed by atoms with Gasteiger partial charge in [0, 0.05) is 12.2 Å². The van der Waals surface area contributed by atoms with Crippen LogP contribution in [0.15, 0.2) is 46.9 Å². The van der Waals surface area contributed by atoms with Crippen LogP contribution in [0.4, 0.5) is 14.5 Å². The molecule has 0 radical (unpaired) electrons. The molecule has 0 saturated heterocycles. The topological polar surface area (TPSA) is 38.0 Å². The van der Waals surface area contributed by atoms with Gasteiger partial charge in [-0.1, -0.05) is 12.1 Å². The van der Waals surface area contributed by atoms with Crippen molar-refractivity contribution in [3.8, 4) is 0 Å². The van der Waals surface area contributed by atoms with Gasteiger partial charge in [-0.15, -0.1) is 0 Å². The molecule has 0 amide bonds. The van der Waals surface area contributed by atoms with Crippen LogP contribution >= 0.6 is 15.9 Å². The van der Waals surface area contributed by atoms with E-state index in [1.165, 1.54) is 18.2 Å². The molecule has 0 saturated carbocycles. The van der Waals surface area contributed by atoms with Crippen LogP contribution in [-0.2, 0) is 6.42 Å². The maximum atomic E-state index is 13.3. The quantitative estimate of drug-likeness (QED) is 0.848. The fraction of sp³-hybridized carbons (Fsp3) is 0.250. The molecule has 0 fully saturated rings. The molecule has 0 bridgehead atoms. The first-order valence-electron chi connectivity index (χ1n) is 6.60. The Morgan fingerprint density at radius 1 is 1.19 bits per heavy atom. The summed E-state index contributed by atoms with van der Waals surface area (Å²) in [4.78, 5) is 0. The van der Waals surface area contributed by atoms with Gasteiger partial charge in [0.2, 0.25) is 0 Å². The van der Waals surface area contributed by atoms with Crippen LogP contribution in [-0.4, -0.2) is 12.1 Å². The first-order valence-corrected chi connectivity index (χ1v) is 7.39. The number of hydrogen-bond acceptors (Lipinski definition) is 2. The van der Waals surface area contributed by atoms with E-state index in [9.17, 15) is 8.78 Å². The lowest BCUT2D eigenvalue weighted by Gasteiger charge is -2.31. The number of halogens is 3. The molecule has 0 aromatic heterocycles. The highest BCUT2D eigenvalue weighted by molar-refractivity contribution is 9.10. The molecule has 5 heteroatoms. The minimum atomic E-state index is -0.453. The van der Waals surface area contributed by atoms with Crippen LogP contribution in [0.2, 0.25) is 0 Å². The zero-order valence-corrected chi connectivity index (χ0v) is 13.3. The summed E-state index contributed by atoms with van der Waals surface area (Å²) in [5.74, 6) is -0.587. The average Bonchev–Trinajstić information content (AvgIpc) is 2.43. The Morgan fingerprint density at radius 3 is 2.57 bits per heavy atom.